The van der Waals surface area contributed by atoms with Crippen molar-refractivity contribution in [3.05, 3.63) is 0 Å². The molecule has 0 aromatic rings. The number of methoxy groups -OCH3 is 1. The van der Waals surface area contributed by atoms with Crippen LogP contribution in [0.15, 0.2) is 0 Å². The molecular formula is C18H30O8. The van der Waals surface area contributed by atoms with Gasteiger partial charge in [0.25, 0.3) is 0 Å². The molecule has 0 unspecified atom stereocenters. The van der Waals surface area contributed by atoms with Crippen LogP contribution in [0.25, 0.3) is 0 Å². The highest BCUT2D eigenvalue weighted by atomic mass is 16.6. The van der Waals surface area contributed by atoms with Crippen molar-refractivity contribution in [2.75, 3.05) is 7.11 Å². The van der Waals surface area contributed by atoms with Crippen LogP contribution in [-0.4, -0.2) is 55.2 Å². The van der Waals surface area contributed by atoms with Crippen LogP contribution in [0.4, 0.5) is 0 Å². The standard InChI is InChI=1S/C18H30O8/c1-11(19)7-13(3)24-17(21)9-15(5)26-18(22)10-14(4)25-16(20)8-12(2)23-6/h12-15H,7-10H2,1-6H3/t12-,13+,14+,15-/m1/s1. The van der Waals surface area contributed by atoms with Gasteiger partial charge in [-0.25, -0.2) is 0 Å². The summed E-state index contributed by atoms with van der Waals surface area (Å²) < 4.78 is 20.2. The van der Waals surface area contributed by atoms with Gasteiger partial charge in [-0.2, -0.15) is 0 Å². The molecule has 0 fully saturated rings. The molecule has 0 aliphatic carbocycles. The number of rotatable bonds is 12. The highest BCUT2D eigenvalue weighted by molar-refractivity contribution is 5.77. The number of ether oxygens (including phenoxy) is 4. The maximum atomic E-state index is 11.8. The summed E-state index contributed by atoms with van der Waals surface area (Å²) in [5.41, 5.74) is 0. The summed E-state index contributed by atoms with van der Waals surface area (Å²) in [6.07, 6.45) is -2.11. The summed E-state index contributed by atoms with van der Waals surface area (Å²) in [7, 11) is 1.49. The Morgan fingerprint density at radius 3 is 1.23 bits per heavy atom. The van der Waals surface area contributed by atoms with Gasteiger partial charge in [-0.3, -0.25) is 19.2 Å². The Kier molecular flexibility index (Phi) is 11.5. The number of Topliss-reactive ketones (excluding diaryl/α,β-unsaturated/α-hetero) is 1. The first kappa shape index (κ1) is 24.0. The minimum atomic E-state index is -0.684. The molecule has 8 nitrogen and oxygen atoms in total. The SMILES string of the molecule is CO[C@H](C)CC(=O)O[C@@H](C)CC(=O)O[C@H](C)CC(=O)O[C@@H](C)CC(C)=O. The van der Waals surface area contributed by atoms with Gasteiger partial charge < -0.3 is 18.9 Å². The largest absolute Gasteiger partial charge is 0.462 e. The third-order valence-corrected chi connectivity index (χ3v) is 3.34. The number of hydrogen-bond acceptors (Lipinski definition) is 8. The Morgan fingerprint density at radius 1 is 0.615 bits per heavy atom. The Bertz CT molecular complexity index is 488. The van der Waals surface area contributed by atoms with E-state index in [0.717, 1.165) is 0 Å². The number of ketones is 1. The lowest BCUT2D eigenvalue weighted by atomic mass is 10.2. The van der Waals surface area contributed by atoms with Crippen LogP contribution in [-0.2, 0) is 38.1 Å². The second kappa shape index (κ2) is 12.4. The van der Waals surface area contributed by atoms with Crippen molar-refractivity contribution in [3.63, 3.8) is 0 Å². The van der Waals surface area contributed by atoms with Crippen LogP contribution < -0.4 is 0 Å². The molecule has 8 heteroatoms. The van der Waals surface area contributed by atoms with Crippen LogP contribution in [0.3, 0.4) is 0 Å². The second-order valence-electron chi connectivity index (χ2n) is 6.47. The first-order valence-corrected chi connectivity index (χ1v) is 8.64. The minimum Gasteiger partial charge on any atom is -0.462 e. The number of esters is 3. The molecule has 0 bridgehead atoms. The fourth-order valence-electron chi connectivity index (χ4n) is 2.13. The van der Waals surface area contributed by atoms with Gasteiger partial charge >= 0.3 is 17.9 Å². The number of hydrogen-bond donors (Lipinski definition) is 0. The van der Waals surface area contributed by atoms with Gasteiger partial charge in [0.05, 0.1) is 25.4 Å². The van der Waals surface area contributed by atoms with Gasteiger partial charge in [0.2, 0.25) is 0 Å². The summed E-state index contributed by atoms with van der Waals surface area (Å²) in [4.78, 5) is 46.1. The molecule has 0 rings (SSSR count). The first-order chi connectivity index (χ1) is 12.0. The third kappa shape index (κ3) is 12.4. The van der Waals surface area contributed by atoms with Gasteiger partial charge in [-0.05, 0) is 34.6 Å². The van der Waals surface area contributed by atoms with Crippen molar-refractivity contribution in [2.45, 2.75) is 84.7 Å². The van der Waals surface area contributed by atoms with Crippen molar-refractivity contribution in [1.82, 2.24) is 0 Å². The summed E-state index contributed by atoms with van der Waals surface area (Å²) in [6.45, 7) is 7.91. The van der Waals surface area contributed by atoms with Crippen molar-refractivity contribution in [2.24, 2.45) is 0 Å². The van der Waals surface area contributed by atoms with E-state index in [1.807, 2.05) is 0 Å². The Hall–Kier alpha value is -1.96. The Balaban J connectivity index is 4.15. The number of carbonyl (C=O) groups excluding carboxylic acids is 4. The molecule has 0 saturated heterocycles. The van der Waals surface area contributed by atoms with E-state index in [-0.39, 0.29) is 37.6 Å². The Labute approximate surface area is 154 Å². The van der Waals surface area contributed by atoms with Gasteiger partial charge in [0, 0.05) is 13.5 Å². The van der Waals surface area contributed by atoms with Crippen LogP contribution in [0.5, 0.6) is 0 Å². The lowest BCUT2D eigenvalue weighted by Gasteiger charge is -2.17. The van der Waals surface area contributed by atoms with Crippen molar-refractivity contribution in [1.29, 1.82) is 0 Å². The minimum absolute atomic E-state index is 0.0757. The molecule has 150 valence electrons. The molecule has 0 N–H and O–H groups in total. The van der Waals surface area contributed by atoms with Gasteiger partial charge in [-0.15, -0.1) is 0 Å². The van der Waals surface area contributed by atoms with Crippen LogP contribution >= 0.6 is 0 Å². The van der Waals surface area contributed by atoms with E-state index in [0.29, 0.717) is 0 Å². The summed E-state index contributed by atoms with van der Waals surface area (Å²) >= 11 is 0. The zero-order valence-corrected chi connectivity index (χ0v) is 16.4. The molecule has 0 radical (unpaired) electrons. The summed E-state index contributed by atoms with van der Waals surface area (Å²) in [6, 6.07) is 0. The zero-order valence-electron chi connectivity index (χ0n) is 16.4. The molecule has 0 aromatic carbocycles. The predicted octanol–water partition coefficient (Wildman–Crippen LogP) is 1.97. The van der Waals surface area contributed by atoms with Gasteiger partial charge in [-0.1, -0.05) is 0 Å². The molecule has 26 heavy (non-hydrogen) atoms. The fourth-order valence-corrected chi connectivity index (χ4v) is 2.13. The maximum Gasteiger partial charge on any atom is 0.309 e. The van der Waals surface area contributed by atoms with Crippen molar-refractivity contribution < 1.29 is 38.1 Å². The molecule has 0 saturated carbocycles. The molecule has 0 spiro atoms. The normalized spacial score (nSPS) is 15.3. The maximum absolute atomic E-state index is 11.8. The Morgan fingerprint density at radius 2 is 0.923 bits per heavy atom. The van der Waals surface area contributed by atoms with E-state index >= 15 is 0 Å². The topological polar surface area (TPSA) is 105 Å². The van der Waals surface area contributed by atoms with Crippen LogP contribution in [0.2, 0.25) is 0 Å². The van der Waals surface area contributed by atoms with E-state index in [2.05, 4.69) is 0 Å². The highest BCUT2D eigenvalue weighted by Gasteiger charge is 2.21. The van der Waals surface area contributed by atoms with E-state index in [9.17, 15) is 19.2 Å². The zero-order chi connectivity index (χ0) is 20.3. The van der Waals surface area contributed by atoms with E-state index in [1.165, 1.54) is 14.0 Å². The molecule has 0 aliphatic rings. The van der Waals surface area contributed by atoms with Gasteiger partial charge in [0.15, 0.2) is 0 Å². The molecule has 0 amide bonds. The molecule has 0 heterocycles. The van der Waals surface area contributed by atoms with Crippen molar-refractivity contribution >= 4 is 23.7 Å². The number of carbonyl (C=O) groups is 4. The summed E-state index contributed by atoms with van der Waals surface area (Å²) in [5.74, 6) is -1.67. The smallest absolute Gasteiger partial charge is 0.309 e. The molecular weight excluding hydrogens is 344 g/mol. The van der Waals surface area contributed by atoms with Crippen molar-refractivity contribution in [3.8, 4) is 0 Å². The predicted molar refractivity (Wildman–Crippen MR) is 92.3 cm³/mol. The fraction of sp³-hybridized carbons (Fsp3) is 0.778. The van der Waals surface area contributed by atoms with E-state index < -0.39 is 36.2 Å². The average molecular weight is 374 g/mol. The molecule has 0 aliphatic heterocycles. The molecule has 4 atom stereocenters. The second-order valence-corrected chi connectivity index (χ2v) is 6.47. The van der Waals surface area contributed by atoms with Gasteiger partial charge in [0.1, 0.15) is 24.1 Å². The first-order valence-electron chi connectivity index (χ1n) is 8.64. The van der Waals surface area contributed by atoms with Crippen LogP contribution in [0, 0.1) is 0 Å². The van der Waals surface area contributed by atoms with Crippen LogP contribution in [0.1, 0.15) is 60.3 Å². The quantitative estimate of drug-likeness (QED) is 0.377. The lowest BCUT2D eigenvalue weighted by Crippen LogP contribution is -2.26. The molecule has 0 aromatic heterocycles. The highest BCUT2D eigenvalue weighted by Crippen LogP contribution is 2.09. The monoisotopic (exact) mass is 374 g/mol. The average Bonchev–Trinajstić information content (AvgIpc) is 2.44. The van der Waals surface area contributed by atoms with E-state index in [1.54, 1.807) is 27.7 Å². The lowest BCUT2D eigenvalue weighted by molar-refractivity contribution is -0.160. The third-order valence-electron chi connectivity index (χ3n) is 3.34. The summed E-state index contributed by atoms with van der Waals surface area (Å²) in [5, 5.41) is 0. The van der Waals surface area contributed by atoms with E-state index in [4.69, 9.17) is 18.9 Å².